The van der Waals surface area contributed by atoms with E-state index < -0.39 is 0 Å². The summed E-state index contributed by atoms with van der Waals surface area (Å²) in [6, 6.07) is 22.0. The van der Waals surface area contributed by atoms with Crippen LogP contribution in [-0.4, -0.2) is 22.9 Å². The number of aromatic amines is 1. The van der Waals surface area contributed by atoms with Crippen LogP contribution in [0.3, 0.4) is 0 Å². The van der Waals surface area contributed by atoms with Gasteiger partial charge in [0.15, 0.2) is 5.78 Å². The Balaban J connectivity index is 1.29. The van der Waals surface area contributed by atoms with Crippen molar-refractivity contribution in [1.29, 1.82) is 0 Å². The third-order valence-electron chi connectivity index (χ3n) is 6.07. The van der Waals surface area contributed by atoms with Gasteiger partial charge < -0.3 is 15.0 Å². The van der Waals surface area contributed by atoms with Crippen LogP contribution < -0.4 is 10.1 Å². The number of carbonyl (C=O) groups is 1. The molecule has 0 bridgehead atoms. The van der Waals surface area contributed by atoms with Gasteiger partial charge in [-0.25, -0.2) is 4.98 Å². The fourth-order valence-electron chi connectivity index (χ4n) is 4.31. The van der Waals surface area contributed by atoms with Crippen LogP contribution in [0.4, 0.5) is 11.6 Å². The second-order valence-electron chi connectivity index (χ2n) is 8.09. The number of hydrogen-bond acceptors (Lipinski definition) is 4. The minimum atomic E-state index is 0.218. The number of H-pyrrole nitrogens is 1. The number of nitrogens with one attached hydrogen (secondary N) is 2. The van der Waals surface area contributed by atoms with E-state index in [4.69, 9.17) is 4.74 Å². The van der Waals surface area contributed by atoms with Crippen molar-refractivity contribution in [2.24, 2.45) is 5.92 Å². The van der Waals surface area contributed by atoms with Gasteiger partial charge in [0.2, 0.25) is 5.95 Å². The van der Waals surface area contributed by atoms with Crippen LogP contribution >= 0.6 is 0 Å². The molecule has 4 aromatic rings. The summed E-state index contributed by atoms with van der Waals surface area (Å²) >= 11 is 0. The molecule has 1 aliphatic rings. The van der Waals surface area contributed by atoms with E-state index in [0.29, 0.717) is 11.7 Å². The van der Waals surface area contributed by atoms with E-state index in [-0.39, 0.29) is 5.92 Å². The number of fused-ring (bicyclic) bond motifs is 1. The van der Waals surface area contributed by atoms with Crippen molar-refractivity contribution in [2.45, 2.75) is 25.7 Å². The second kappa shape index (κ2) is 8.26. The molecule has 1 heterocycles. The lowest BCUT2D eigenvalue weighted by atomic mass is 9.94. The zero-order valence-corrected chi connectivity index (χ0v) is 17.5. The summed E-state index contributed by atoms with van der Waals surface area (Å²) in [7, 11) is 1.65. The van der Waals surface area contributed by atoms with Crippen molar-refractivity contribution in [2.75, 3.05) is 12.4 Å². The van der Waals surface area contributed by atoms with Gasteiger partial charge in [0.05, 0.1) is 18.1 Å². The number of methoxy groups -OCH3 is 1. The van der Waals surface area contributed by atoms with Crippen LogP contribution in [0.5, 0.6) is 5.75 Å². The van der Waals surface area contributed by atoms with E-state index >= 15 is 0 Å². The monoisotopic (exact) mass is 411 g/mol. The standard InChI is InChI=1S/C26H25N3O2/c1-31-22-14-15-23-24(16-22)29-26(28-23)27-21-12-10-18(11-13-21)17-6-8-20(9-7-17)25(30)19-4-2-3-5-19/h6-16,19H,2-5H2,1H3,(H2,27,28,29). The number of ether oxygens (including phenoxy) is 1. The number of hydrogen-bond donors (Lipinski definition) is 2. The molecule has 1 saturated carbocycles. The van der Waals surface area contributed by atoms with Gasteiger partial charge in [-0.05, 0) is 48.2 Å². The van der Waals surface area contributed by atoms with Gasteiger partial charge >= 0.3 is 0 Å². The van der Waals surface area contributed by atoms with Crippen LogP contribution in [-0.2, 0) is 0 Å². The second-order valence-corrected chi connectivity index (χ2v) is 8.09. The minimum Gasteiger partial charge on any atom is -0.497 e. The molecule has 0 saturated heterocycles. The fourth-order valence-corrected chi connectivity index (χ4v) is 4.31. The van der Waals surface area contributed by atoms with Gasteiger partial charge in [-0.3, -0.25) is 4.79 Å². The van der Waals surface area contributed by atoms with Gasteiger partial charge in [-0.1, -0.05) is 49.2 Å². The van der Waals surface area contributed by atoms with Crippen molar-refractivity contribution >= 4 is 28.5 Å². The first-order chi connectivity index (χ1) is 15.2. The Hall–Kier alpha value is -3.60. The molecule has 5 nitrogen and oxygen atoms in total. The summed E-state index contributed by atoms with van der Waals surface area (Å²) in [5.74, 6) is 2.00. The van der Waals surface area contributed by atoms with Crippen LogP contribution in [0.15, 0.2) is 66.7 Å². The Labute approximate surface area is 181 Å². The summed E-state index contributed by atoms with van der Waals surface area (Å²) in [5, 5.41) is 3.31. The summed E-state index contributed by atoms with van der Waals surface area (Å²) in [6.45, 7) is 0. The average molecular weight is 412 g/mol. The Morgan fingerprint density at radius 1 is 0.968 bits per heavy atom. The maximum atomic E-state index is 12.6. The molecular weight excluding hydrogens is 386 g/mol. The van der Waals surface area contributed by atoms with Crippen molar-refractivity contribution in [3.63, 3.8) is 0 Å². The molecule has 1 aromatic heterocycles. The van der Waals surface area contributed by atoms with Crippen LogP contribution in [0.2, 0.25) is 0 Å². The molecule has 5 heteroatoms. The third-order valence-corrected chi connectivity index (χ3v) is 6.07. The molecule has 0 spiro atoms. The van der Waals surface area contributed by atoms with Crippen molar-refractivity contribution in [3.05, 3.63) is 72.3 Å². The Kier molecular flexibility index (Phi) is 5.16. The number of aromatic nitrogens is 2. The Bertz CT molecular complexity index is 1200. The maximum Gasteiger partial charge on any atom is 0.205 e. The number of rotatable bonds is 6. The zero-order valence-electron chi connectivity index (χ0n) is 17.5. The molecule has 0 radical (unpaired) electrons. The van der Waals surface area contributed by atoms with E-state index in [2.05, 4.69) is 27.4 Å². The zero-order chi connectivity index (χ0) is 21.2. The Morgan fingerprint density at radius 3 is 2.32 bits per heavy atom. The van der Waals surface area contributed by atoms with Gasteiger partial charge in [0, 0.05) is 23.2 Å². The lowest BCUT2D eigenvalue weighted by Crippen LogP contribution is -2.10. The third kappa shape index (κ3) is 4.04. The number of anilines is 2. The largest absolute Gasteiger partial charge is 0.497 e. The van der Waals surface area contributed by atoms with Gasteiger partial charge in [-0.15, -0.1) is 0 Å². The van der Waals surface area contributed by atoms with Gasteiger partial charge in [0.1, 0.15) is 5.75 Å². The first-order valence-electron chi connectivity index (χ1n) is 10.7. The number of carbonyl (C=O) groups excluding carboxylic acids is 1. The fraction of sp³-hybridized carbons (Fsp3) is 0.231. The minimum absolute atomic E-state index is 0.218. The molecule has 0 atom stereocenters. The SMILES string of the molecule is COc1ccc2nc(Nc3ccc(-c4ccc(C(=O)C5CCCC5)cc4)cc3)[nH]c2c1. The lowest BCUT2D eigenvalue weighted by Gasteiger charge is -2.09. The highest BCUT2D eigenvalue weighted by molar-refractivity contribution is 5.98. The number of imidazole rings is 1. The molecule has 3 aromatic carbocycles. The molecule has 0 unspecified atom stereocenters. The first kappa shape index (κ1) is 19.4. The molecule has 0 aliphatic heterocycles. The Morgan fingerprint density at radius 2 is 1.65 bits per heavy atom. The van der Waals surface area contributed by atoms with E-state index in [1.807, 2.05) is 54.6 Å². The van der Waals surface area contributed by atoms with E-state index in [9.17, 15) is 4.79 Å². The summed E-state index contributed by atoms with van der Waals surface area (Å²) in [4.78, 5) is 20.4. The maximum absolute atomic E-state index is 12.6. The van der Waals surface area contributed by atoms with Crippen molar-refractivity contribution in [3.8, 4) is 16.9 Å². The van der Waals surface area contributed by atoms with Crippen LogP contribution in [0, 0.1) is 5.92 Å². The highest BCUT2D eigenvalue weighted by Gasteiger charge is 2.23. The molecular formula is C26H25N3O2. The van der Waals surface area contributed by atoms with Gasteiger partial charge in [-0.2, -0.15) is 0 Å². The van der Waals surface area contributed by atoms with E-state index in [1.54, 1.807) is 7.11 Å². The number of ketones is 1. The molecule has 5 rings (SSSR count). The number of Topliss-reactive ketones (excluding diaryl/α,β-unsaturated/α-hetero) is 1. The van der Waals surface area contributed by atoms with E-state index in [0.717, 1.165) is 52.0 Å². The lowest BCUT2D eigenvalue weighted by molar-refractivity contribution is 0.0923. The average Bonchev–Trinajstić information content (AvgIpc) is 3.48. The normalized spacial score (nSPS) is 14.1. The van der Waals surface area contributed by atoms with E-state index in [1.165, 1.54) is 12.8 Å². The molecule has 2 N–H and O–H groups in total. The van der Waals surface area contributed by atoms with Crippen molar-refractivity contribution < 1.29 is 9.53 Å². The van der Waals surface area contributed by atoms with Crippen LogP contribution in [0.25, 0.3) is 22.2 Å². The quantitative estimate of drug-likeness (QED) is 0.363. The topological polar surface area (TPSA) is 67.0 Å². The highest BCUT2D eigenvalue weighted by atomic mass is 16.5. The first-order valence-corrected chi connectivity index (χ1v) is 10.7. The summed E-state index contributed by atoms with van der Waals surface area (Å²) in [6.07, 6.45) is 4.43. The number of benzene rings is 3. The highest BCUT2D eigenvalue weighted by Crippen LogP contribution is 2.29. The van der Waals surface area contributed by atoms with Gasteiger partial charge in [0.25, 0.3) is 0 Å². The summed E-state index contributed by atoms with van der Waals surface area (Å²) in [5.41, 5.74) is 5.79. The molecule has 1 aliphatic carbocycles. The molecule has 1 fully saturated rings. The predicted molar refractivity (Wildman–Crippen MR) is 124 cm³/mol. The molecule has 0 amide bonds. The smallest absolute Gasteiger partial charge is 0.205 e. The molecule has 31 heavy (non-hydrogen) atoms. The predicted octanol–water partition coefficient (Wildman–Crippen LogP) is 6.36. The van der Waals surface area contributed by atoms with Crippen LogP contribution in [0.1, 0.15) is 36.0 Å². The van der Waals surface area contributed by atoms with Crippen molar-refractivity contribution in [1.82, 2.24) is 9.97 Å². The molecule has 156 valence electrons. The summed E-state index contributed by atoms with van der Waals surface area (Å²) < 4.78 is 5.26. The number of nitrogens with zero attached hydrogens (tertiary/aromatic N) is 1.